The third-order valence-electron chi connectivity index (χ3n) is 2.87. The Morgan fingerprint density at radius 3 is 2.55 bits per heavy atom. The number of halogens is 1. The van der Waals surface area contributed by atoms with E-state index in [9.17, 15) is 18.0 Å². The summed E-state index contributed by atoms with van der Waals surface area (Å²) in [5.74, 6) is 0. The molecule has 10 heteroatoms. The molecule has 1 heterocycles. The lowest BCUT2D eigenvalue weighted by molar-refractivity contribution is 0.577. The minimum atomic E-state index is -3.69. The van der Waals surface area contributed by atoms with Gasteiger partial charge in [0.1, 0.15) is 0 Å². The fraction of sp³-hybridized carbons (Fsp3) is 0.333. The maximum Gasteiger partial charge on any atom is 0.326 e. The summed E-state index contributed by atoms with van der Waals surface area (Å²) in [4.78, 5) is 27.3. The number of benzene rings is 1. The highest BCUT2D eigenvalue weighted by Crippen LogP contribution is 2.13. The second-order valence-electron chi connectivity index (χ2n) is 4.37. The average Bonchev–Trinajstić information content (AvgIpc) is 2.43. The first-order chi connectivity index (χ1) is 9.94. The Labute approximate surface area is 132 Å². The molecule has 8 nitrogen and oxygen atoms in total. The van der Waals surface area contributed by atoms with Gasteiger partial charge in [-0.05, 0) is 24.7 Å². The second kappa shape index (κ2) is 7.54. The summed E-state index contributed by atoms with van der Waals surface area (Å²) in [6, 6.07) is 3.97. The first-order valence-corrected chi connectivity index (χ1v) is 7.89. The first-order valence-electron chi connectivity index (χ1n) is 6.41. The molecule has 0 spiro atoms. The number of nitrogens with one attached hydrogen (secondary N) is 4. The van der Waals surface area contributed by atoms with Gasteiger partial charge in [0.2, 0.25) is 10.0 Å². The van der Waals surface area contributed by atoms with Gasteiger partial charge in [0.25, 0.3) is 5.56 Å². The molecular formula is C12H17ClN4O4S. The van der Waals surface area contributed by atoms with E-state index in [4.69, 9.17) is 0 Å². The normalized spacial score (nSPS) is 11.3. The van der Waals surface area contributed by atoms with Crippen LogP contribution >= 0.6 is 12.4 Å². The van der Waals surface area contributed by atoms with Crippen LogP contribution in [0.25, 0.3) is 10.9 Å². The average molecular weight is 349 g/mol. The molecular weight excluding hydrogens is 332 g/mol. The Morgan fingerprint density at radius 1 is 1.14 bits per heavy atom. The summed E-state index contributed by atoms with van der Waals surface area (Å²) in [6.45, 7) is 3.43. The molecule has 0 radical (unpaired) electrons. The van der Waals surface area contributed by atoms with E-state index >= 15 is 0 Å². The molecule has 0 aliphatic heterocycles. The summed E-state index contributed by atoms with van der Waals surface area (Å²) in [5.41, 5.74) is -0.972. The SMILES string of the molecule is CCNCCNS(=O)(=O)c1ccc2[nH]c(=O)[nH]c(=O)c2c1.Cl. The summed E-state index contributed by atoms with van der Waals surface area (Å²) >= 11 is 0. The molecule has 122 valence electrons. The molecule has 0 amide bonds. The topological polar surface area (TPSA) is 124 Å². The molecule has 1 aromatic heterocycles. The summed E-state index contributed by atoms with van der Waals surface area (Å²) < 4.78 is 26.6. The van der Waals surface area contributed by atoms with Crippen molar-refractivity contribution in [1.29, 1.82) is 0 Å². The fourth-order valence-corrected chi connectivity index (χ4v) is 2.90. The van der Waals surface area contributed by atoms with Crippen LogP contribution in [0.3, 0.4) is 0 Å². The lowest BCUT2D eigenvalue weighted by Crippen LogP contribution is -2.32. The largest absolute Gasteiger partial charge is 0.326 e. The van der Waals surface area contributed by atoms with E-state index in [-0.39, 0.29) is 34.8 Å². The van der Waals surface area contributed by atoms with Crippen LogP contribution in [-0.4, -0.2) is 38.0 Å². The van der Waals surface area contributed by atoms with Gasteiger partial charge >= 0.3 is 5.69 Å². The van der Waals surface area contributed by atoms with Crippen LogP contribution in [0.1, 0.15) is 6.92 Å². The minimum Gasteiger partial charge on any atom is -0.316 e. The summed E-state index contributed by atoms with van der Waals surface area (Å²) in [5, 5.41) is 3.11. The van der Waals surface area contributed by atoms with Crippen LogP contribution in [0.5, 0.6) is 0 Å². The molecule has 1 aromatic carbocycles. The molecule has 2 rings (SSSR count). The number of fused-ring (bicyclic) bond motifs is 1. The van der Waals surface area contributed by atoms with Crippen molar-refractivity contribution in [2.24, 2.45) is 0 Å². The molecule has 2 aromatic rings. The highest BCUT2D eigenvalue weighted by Gasteiger charge is 2.14. The van der Waals surface area contributed by atoms with E-state index in [1.807, 2.05) is 6.92 Å². The lowest BCUT2D eigenvalue weighted by atomic mass is 10.2. The van der Waals surface area contributed by atoms with Gasteiger partial charge in [-0.3, -0.25) is 9.78 Å². The predicted octanol–water partition coefficient (Wildman–Crippen LogP) is -0.474. The third-order valence-corrected chi connectivity index (χ3v) is 4.32. The number of aromatic amines is 2. The monoisotopic (exact) mass is 348 g/mol. The quantitative estimate of drug-likeness (QED) is 0.525. The van der Waals surface area contributed by atoms with E-state index in [0.717, 1.165) is 6.54 Å². The Bertz CT molecular complexity index is 859. The number of likely N-dealkylation sites (N-methyl/N-ethyl adjacent to an activating group) is 1. The molecule has 4 N–H and O–H groups in total. The molecule has 0 fully saturated rings. The number of sulfonamides is 1. The Balaban J connectivity index is 0.00000242. The maximum atomic E-state index is 12.1. The van der Waals surface area contributed by atoms with Gasteiger partial charge in [-0.2, -0.15) is 0 Å². The fourth-order valence-electron chi connectivity index (χ4n) is 1.85. The van der Waals surface area contributed by atoms with E-state index in [0.29, 0.717) is 6.54 Å². The second-order valence-corrected chi connectivity index (χ2v) is 6.13. The number of hydrogen-bond donors (Lipinski definition) is 4. The van der Waals surface area contributed by atoms with Crippen LogP contribution in [0.15, 0.2) is 32.7 Å². The third kappa shape index (κ3) is 4.17. The molecule has 0 aliphatic rings. The van der Waals surface area contributed by atoms with Gasteiger partial charge in [0.05, 0.1) is 15.8 Å². The Kier molecular flexibility index (Phi) is 6.30. The molecule has 0 saturated heterocycles. The van der Waals surface area contributed by atoms with E-state index in [1.54, 1.807) is 0 Å². The zero-order chi connectivity index (χ0) is 15.5. The number of rotatable bonds is 6. The number of aromatic nitrogens is 2. The molecule has 0 aliphatic carbocycles. The van der Waals surface area contributed by atoms with Crippen LogP contribution < -0.4 is 21.3 Å². The van der Waals surface area contributed by atoms with Gasteiger partial charge in [-0.25, -0.2) is 17.9 Å². The number of H-pyrrole nitrogens is 2. The zero-order valence-electron chi connectivity index (χ0n) is 11.8. The van der Waals surface area contributed by atoms with Gasteiger partial charge in [-0.15, -0.1) is 12.4 Å². The van der Waals surface area contributed by atoms with Crippen LogP contribution in [0.2, 0.25) is 0 Å². The van der Waals surface area contributed by atoms with Crippen molar-refractivity contribution in [2.75, 3.05) is 19.6 Å². The van der Waals surface area contributed by atoms with Crippen molar-refractivity contribution in [3.8, 4) is 0 Å². The van der Waals surface area contributed by atoms with E-state index in [1.165, 1.54) is 18.2 Å². The van der Waals surface area contributed by atoms with Crippen molar-refractivity contribution in [3.05, 3.63) is 39.0 Å². The zero-order valence-corrected chi connectivity index (χ0v) is 13.4. The van der Waals surface area contributed by atoms with Crippen molar-refractivity contribution in [3.63, 3.8) is 0 Å². The van der Waals surface area contributed by atoms with Crippen LogP contribution in [0.4, 0.5) is 0 Å². The van der Waals surface area contributed by atoms with Gasteiger partial charge in [0, 0.05) is 13.1 Å². The van der Waals surface area contributed by atoms with Gasteiger partial charge < -0.3 is 10.3 Å². The summed E-state index contributed by atoms with van der Waals surface area (Å²) in [7, 11) is -3.69. The highest BCUT2D eigenvalue weighted by atomic mass is 35.5. The molecule has 0 unspecified atom stereocenters. The molecule has 0 atom stereocenters. The standard InChI is InChI=1S/C12H16N4O4S.ClH/c1-2-13-5-6-14-21(19,20)8-3-4-10-9(7-8)11(17)16-12(18)15-10;/h3-4,7,13-14H,2,5-6H2,1H3,(H2,15,16,17,18);1H. The highest BCUT2D eigenvalue weighted by molar-refractivity contribution is 7.89. The summed E-state index contributed by atoms with van der Waals surface area (Å²) in [6.07, 6.45) is 0. The maximum absolute atomic E-state index is 12.1. The molecule has 0 saturated carbocycles. The van der Waals surface area contributed by atoms with Crippen molar-refractivity contribution < 1.29 is 8.42 Å². The first kappa shape index (κ1) is 18.4. The van der Waals surface area contributed by atoms with Gasteiger partial charge in [0.15, 0.2) is 0 Å². The molecule has 22 heavy (non-hydrogen) atoms. The predicted molar refractivity (Wildman–Crippen MR) is 86.2 cm³/mol. The number of hydrogen-bond acceptors (Lipinski definition) is 5. The van der Waals surface area contributed by atoms with E-state index in [2.05, 4.69) is 20.0 Å². The van der Waals surface area contributed by atoms with Crippen molar-refractivity contribution in [2.45, 2.75) is 11.8 Å². The van der Waals surface area contributed by atoms with Crippen molar-refractivity contribution >= 4 is 33.3 Å². The molecule has 0 bridgehead atoms. The van der Waals surface area contributed by atoms with Crippen molar-refractivity contribution in [1.82, 2.24) is 20.0 Å². The van der Waals surface area contributed by atoms with Crippen LogP contribution in [0, 0.1) is 0 Å². The minimum absolute atomic E-state index is 0. The Morgan fingerprint density at radius 2 is 1.86 bits per heavy atom. The smallest absolute Gasteiger partial charge is 0.316 e. The Hall–Kier alpha value is -1.68. The van der Waals surface area contributed by atoms with E-state index < -0.39 is 21.3 Å². The lowest BCUT2D eigenvalue weighted by Gasteiger charge is -2.07. The van der Waals surface area contributed by atoms with Gasteiger partial charge in [-0.1, -0.05) is 6.92 Å². The van der Waals surface area contributed by atoms with Crippen LogP contribution in [-0.2, 0) is 10.0 Å².